The van der Waals surface area contributed by atoms with Gasteiger partial charge >= 0.3 is 5.69 Å². The summed E-state index contributed by atoms with van der Waals surface area (Å²) in [5, 5.41) is 14.4. The van der Waals surface area contributed by atoms with Crippen LogP contribution in [0.1, 0.15) is 32.3 Å². The number of nitro benzene ring substituents is 1. The highest BCUT2D eigenvalue weighted by Crippen LogP contribution is 2.28. The van der Waals surface area contributed by atoms with Gasteiger partial charge in [0.05, 0.1) is 11.5 Å². The van der Waals surface area contributed by atoms with Gasteiger partial charge in [0.2, 0.25) is 0 Å². The summed E-state index contributed by atoms with van der Waals surface area (Å²) in [5.41, 5.74) is 0.915. The second-order valence-corrected chi connectivity index (χ2v) is 5.36. The molecule has 1 rings (SSSR count). The van der Waals surface area contributed by atoms with Gasteiger partial charge in [-0.2, -0.15) is 0 Å². The van der Waals surface area contributed by atoms with Gasteiger partial charge < -0.3 is 10.1 Å². The summed E-state index contributed by atoms with van der Waals surface area (Å²) in [5.74, 6) is 0.879. The lowest BCUT2D eigenvalue weighted by molar-refractivity contribution is -0.385. The summed E-state index contributed by atoms with van der Waals surface area (Å²) in [4.78, 5) is 10.7. The average molecular weight is 292 g/mol. The molecule has 1 N–H and O–H groups in total. The number of nitrogens with one attached hydrogen (secondary N) is 1. The number of hydrogen-bond acceptors (Lipinski definition) is 4. The molecule has 0 heterocycles. The van der Waals surface area contributed by atoms with E-state index in [-0.39, 0.29) is 5.69 Å². The first-order valence-electron chi connectivity index (χ1n) is 7.26. The van der Waals surface area contributed by atoms with Crippen LogP contribution in [0, 0.1) is 16.0 Å². The van der Waals surface area contributed by atoms with Crippen molar-refractivity contribution in [2.45, 2.75) is 33.2 Å². The van der Waals surface area contributed by atoms with Crippen LogP contribution in [0.5, 0.6) is 5.75 Å². The van der Waals surface area contributed by atoms with Gasteiger partial charge in [-0.1, -0.05) is 26.0 Å². The number of nitro groups is 1. The molecule has 0 bridgehead atoms. The molecule has 0 unspecified atom stereocenters. The molecule has 0 aliphatic carbocycles. The van der Waals surface area contributed by atoms with Crippen molar-refractivity contribution >= 4 is 5.69 Å². The first-order valence-corrected chi connectivity index (χ1v) is 7.26. The van der Waals surface area contributed by atoms with Crippen molar-refractivity contribution < 1.29 is 9.66 Å². The van der Waals surface area contributed by atoms with E-state index in [1.165, 1.54) is 0 Å². The van der Waals surface area contributed by atoms with E-state index in [2.05, 4.69) is 25.7 Å². The molecular formula is C16H24N2O3. The molecule has 116 valence electrons. The van der Waals surface area contributed by atoms with E-state index in [1.54, 1.807) is 18.2 Å². The van der Waals surface area contributed by atoms with Crippen molar-refractivity contribution in [3.8, 4) is 5.75 Å². The predicted octanol–water partition coefficient (Wildman–Crippen LogP) is 3.69. The van der Waals surface area contributed by atoms with E-state index in [0.717, 1.165) is 24.9 Å². The van der Waals surface area contributed by atoms with Crippen LogP contribution in [0.25, 0.3) is 0 Å². The quantitative estimate of drug-likeness (QED) is 0.309. The van der Waals surface area contributed by atoms with Gasteiger partial charge in [-0.3, -0.25) is 10.1 Å². The summed E-state index contributed by atoms with van der Waals surface area (Å²) < 4.78 is 5.49. The van der Waals surface area contributed by atoms with E-state index in [0.29, 0.717) is 24.8 Å². The zero-order valence-electron chi connectivity index (χ0n) is 12.8. The molecule has 0 saturated heterocycles. The molecule has 0 aromatic heterocycles. The van der Waals surface area contributed by atoms with Gasteiger partial charge in [0.1, 0.15) is 0 Å². The minimum absolute atomic E-state index is 0.0254. The van der Waals surface area contributed by atoms with E-state index in [9.17, 15) is 10.1 Å². The fraction of sp³-hybridized carbons (Fsp3) is 0.500. The highest BCUT2D eigenvalue weighted by molar-refractivity contribution is 5.48. The Kier molecular flexibility index (Phi) is 7.46. The summed E-state index contributed by atoms with van der Waals surface area (Å²) in [6.07, 6.45) is 3.45. The maximum atomic E-state index is 11.1. The van der Waals surface area contributed by atoms with Crippen LogP contribution < -0.4 is 10.1 Å². The van der Waals surface area contributed by atoms with Crippen LogP contribution in [0.2, 0.25) is 0 Å². The lowest BCUT2D eigenvalue weighted by Gasteiger charge is -2.10. The largest absolute Gasteiger partial charge is 0.487 e. The fourth-order valence-electron chi connectivity index (χ4n) is 1.85. The van der Waals surface area contributed by atoms with Crippen molar-refractivity contribution in [1.29, 1.82) is 0 Å². The summed E-state index contributed by atoms with van der Waals surface area (Å²) in [6, 6.07) is 5.12. The van der Waals surface area contributed by atoms with Crippen LogP contribution in [0.4, 0.5) is 5.69 Å². The maximum absolute atomic E-state index is 11.1. The van der Waals surface area contributed by atoms with Crippen LogP contribution >= 0.6 is 0 Å². The highest BCUT2D eigenvalue weighted by Gasteiger charge is 2.15. The Bertz CT molecular complexity index is 473. The van der Waals surface area contributed by atoms with Crippen LogP contribution in [-0.2, 0) is 6.54 Å². The zero-order chi connectivity index (χ0) is 15.7. The number of unbranched alkanes of at least 4 members (excludes halogenated alkanes) is 1. The van der Waals surface area contributed by atoms with E-state index in [4.69, 9.17) is 4.74 Å². The van der Waals surface area contributed by atoms with E-state index in [1.807, 2.05) is 6.07 Å². The second kappa shape index (κ2) is 9.13. The van der Waals surface area contributed by atoms with Crippen LogP contribution in [0.3, 0.4) is 0 Å². The molecule has 1 aromatic rings. The molecule has 21 heavy (non-hydrogen) atoms. The van der Waals surface area contributed by atoms with Crippen LogP contribution in [-0.4, -0.2) is 18.1 Å². The molecule has 0 radical (unpaired) electrons. The van der Waals surface area contributed by atoms with Crippen molar-refractivity contribution in [1.82, 2.24) is 5.32 Å². The number of benzene rings is 1. The third kappa shape index (κ3) is 6.40. The summed E-state index contributed by atoms with van der Waals surface area (Å²) >= 11 is 0. The van der Waals surface area contributed by atoms with Crippen molar-refractivity contribution in [2.75, 3.05) is 13.2 Å². The molecule has 1 aromatic carbocycles. The lowest BCUT2D eigenvalue weighted by Crippen LogP contribution is -2.19. The molecule has 0 atom stereocenters. The molecule has 5 heteroatoms. The van der Waals surface area contributed by atoms with E-state index >= 15 is 0 Å². The molecule has 0 fully saturated rings. The maximum Gasteiger partial charge on any atom is 0.311 e. The lowest BCUT2D eigenvalue weighted by atomic mass is 10.1. The molecule has 0 amide bonds. The molecule has 0 saturated carbocycles. The minimum Gasteiger partial charge on any atom is -0.487 e. The third-order valence-electron chi connectivity index (χ3n) is 2.91. The molecular weight excluding hydrogens is 268 g/mol. The SMILES string of the molecule is C=CCCCOc1ccc(CNCC(C)C)cc1[N+](=O)[O-]. The van der Waals surface area contributed by atoms with Crippen molar-refractivity contribution in [2.24, 2.45) is 5.92 Å². The fourth-order valence-corrected chi connectivity index (χ4v) is 1.85. The van der Waals surface area contributed by atoms with Crippen molar-refractivity contribution in [3.63, 3.8) is 0 Å². The number of rotatable bonds is 10. The Morgan fingerprint density at radius 3 is 2.86 bits per heavy atom. The van der Waals surface area contributed by atoms with Crippen LogP contribution in [0.15, 0.2) is 30.9 Å². The second-order valence-electron chi connectivity index (χ2n) is 5.36. The number of ether oxygens (including phenoxy) is 1. The minimum atomic E-state index is -0.394. The van der Waals surface area contributed by atoms with Gasteiger partial charge in [0, 0.05) is 12.6 Å². The average Bonchev–Trinajstić information content (AvgIpc) is 2.44. The van der Waals surface area contributed by atoms with Gasteiger partial charge in [-0.15, -0.1) is 6.58 Å². The normalized spacial score (nSPS) is 10.6. The zero-order valence-corrected chi connectivity index (χ0v) is 12.8. The van der Waals surface area contributed by atoms with Gasteiger partial charge in [-0.05, 0) is 36.9 Å². The number of hydrogen-bond donors (Lipinski definition) is 1. The van der Waals surface area contributed by atoms with Gasteiger partial charge in [0.15, 0.2) is 5.75 Å². The standard InChI is InChI=1S/C16H24N2O3/c1-4-5-6-9-21-16-8-7-14(10-15(16)18(19)20)12-17-11-13(2)3/h4,7-8,10,13,17H,1,5-6,9,11-12H2,2-3H3. The first kappa shape index (κ1) is 17.2. The van der Waals surface area contributed by atoms with Crippen molar-refractivity contribution in [3.05, 3.63) is 46.5 Å². The summed E-state index contributed by atoms with van der Waals surface area (Å²) in [7, 11) is 0. The topological polar surface area (TPSA) is 64.4 Å². The Hall–Kier alpha value is -1.88. The smallest absolute Gasteiger partial charge is 0.311 e. The Balaban J connectivity index is 2.67. The molecule has 5 nitrogen and oxygen atoms in total. The third-order valence-corrected chi connectivity index (χ3v) is 2.91. The number of allylic oxidation sites excluding steroid dienone is 1. The van der Waals surface area contributed by atoms with E-state index < -0.39 is 4.92 Å². The molecule has 0 spiro atoms. The Morgan fingerprint density at radius 2 is 2.24 bits per heavy atom. The van der Waals surface area contributed by atoms with Gasteiger partial charge in [-0.25, -0.2) is 0 Å². The Morgan fingerprint density at radius 1 is 1.48 bits per heavy atom. The monoisotopic (exact) mass is 292 g/mol. The molecule has 0 aliphatic heterocycles. The first-order chi connectivity index (χ1) is 10.0. The Labute approximate surface area is 126 Å². The number of nitrogens with zero attached hydrogens (tertiary/aromatic N) is 1. The summed E-state index contributed by atoms with van der Waals surface area (Å²) in [6.45, 7) is 9.83. The molecule has 0 aliphatic rings. The van der Waals surface area contributed by atoms with Gasteiger partial charge in [0.25, 0.3) is 0 Å². The predicted molar refractivity (Wildman–Crippen MR) is 84.6 cm³/mol. The highest BCUT2D eigenvalue weighted by atomic mass is 16.6.